The van der Waals surface area contributed by atoms with Gasteiger partial charge in [-0.3, -0.25) is 4.79 Å². The Bertz CT molecular complexity index is 645. The molecular formula is C15H14Br2N2O2. The summed E-state index contributed by atoms with van der Waals surface area (Å²) in [5.41, 5.74) is 1.04. The number of aryl methyl sites for hydroxylation is 1. The minimum atomic E-state index is -0.634. The lowest BCUT2D eigenvalue weighted by Crippen LogP contribution is -2.30. The lowest BCUT2D eigenvalue weighted by Gasteiger charge is -2.15. The smallest absolute Gasteiger partial charge is 0.266 e. The average Bonchev–Trinajstić information content (AvgIpc) is 2.44. The van der Waals surface area contributed by atoms with E-state index < -0.39 is 6.10 Å². The van der Waals surface area contributed by atoms with Gasteiger partial charge in [0.1, 0.15) is 11.6 Å². The Labute approximate surface area is 140 Å². The van der Waals surface area contributed by atoms with Crippen LogP contribution in [0.5, 0.6) is 5.75 Å². The summed E-state index contributed by atoms with van der Waals surface area (Å²) >= 11 is 6.77. The summed E-state index contributed by atoms with van der Waals surface area (Å²) in [6.07, 6.45) is 1.07. The maximum Gasteiger partial charge on any atom is 0.266 e. The highest BCUT2D eigenvalue weighted by Gasteiger charge is 2.16. The van der Waals surface area contributed by atoms with E-state index in [-0.39, 0.29) is 5.91 Å². The van der Waals surface area contributed by atoms with Crippen LogP contribution in [0.15, 0.2) is 45.5 Å². The fourth-order valence-corrected chi connectivity index (χ4v) is 2.72. The number of nitrogens with zero attached hydrogens (tertiary/aromatic N) is 1. The molecule has 1 atom stereocenters. The zero-order valence-corrected chi connectivity index (χ0v) is 14.7. The maximum absolute atomic E-state index is 12.1. The van der Waals surface area contributed by atoms with Crippen molar-refractivity contribution in [2.24, 2.45) is 0 Å². The number of ether oxygens (including phenoxy) is 1. The summed E-state index contributed by atoms with van der Waals surface area (Å²) in [6.45, 7) is 3.63. The van der Waals surface area contributed by atoms with Crippen LogP contribution in [0.2, 0.25) is 0 Å². The number of carbonyl (C=O) groups is 1. The van der Waals surface area contributed by atoms with Gasteiger partial charge in [0.25, 0.3) is 5.91 Å². The molecule has 0 fully saturated rings. The second-order valence-corrected chi connectivity index (χ2v) is 6.31. The molecule has 1 heterocycles. The van der Waals surface area contributed by atoms with Crippen LogP contribution < -0.4 is 10.1 Å². The van der Waals surface area contributed by atoms with Gasteiger partial charge in [-0.1, -0.05) is 22.0 Å². The number of hydrogen-bond donors (Lipinski definition) is 1. The number of pyridine rings is 1. The molecule has 1 aromatic carbocycles. The maximum atomic E-state index is 12.1. The first-order valence-electron chi connectivity index (χ1n) is 6.31. The van der Waals surface area contributed by atoms with Crippen molar-refractivity contribution in [2.45, 2.75) is 20.0 Å². The molecule has 0 spiro atoms. The molecule has 0 unspecified atom stereocenters. The lowest BCUT2D eigenvalue weighted by atomic mass is 10.3. The highest BCUT2D eigenvalue weighted by molar-refractivity contribution is 9.11. The van der Waals surface area contributed by atoms with Gasteiger partial charge in [-0.2, -0.15) is 0 Å². The molecule has 2 aromatic rings. The van der Waals surface area contributed by atoms with Crippen LogP contribution in [0, 0.1) is 6.92 Å². The molecule has 110 valence electrons. The normalized spacial score (nSPS) is 11.8. The van der Waals surface area contributed by atoms with Gasteiger partial charge in [0.2, 0.25) is 0 Å². The predicted octanol–water partition coefficient (Wildman–Crippen LogP) is 4.32. The molecule has 1 N–H and O–H groups in total. The first-order valence-corrected chi connectivity index (χ1v) is 7.89. The average molecular weight is 414 g/mol. The fourth-order valence-electron chi connectivity index (χ4n) is 1.58. The van der Waals surface area contributed by atoms with E-state index in [0.29, 0.717) is 11.6 Å². The molecule has 0 aliphatic rings. The van der Waals surface area contributed by atoms with Crippen molar-refractivity contribution in [3.8, 4) is 5.75 Å². The molecule has 21 heavy (non-hydrogen) atoms. The molecule has 6 heteroatoms. The van der Waals surface area contributed by atoms with Crippen LogP contribution in [0.4, 0.5) is 5.82 Å². The molecule has 1 aromatic heterocycles. The van der Waals surface area contributed by atoms with Crippen molar-refractivity contribution in [3.05, 3.63) is 51.0 Å². The quantitative estimate of drug-likeness (QED) is 0.811. The Balaban J connectivity index is 2.00. The standard InChI is InChI=1S/C15H14Br2N2O2/c1-9-3-6-14(18-8-9)19-15(20)10(2)21-13-5-4-11(16)7-12(13)17/h3-8,10H,1-2H3,(H,18,19,20)/t10-/m0/s1. The summed E-state index contributed by atoms with van der Waals surface area (Å²) in [6, 6.07) is 9.16. The number of carbonyl (C=O) groups excluding carboxylic acids is 1. The van der Waals surface area contributed by atoms with Gasteiger partial charge >= 0.3 is 0 Å². The van der Waals surface area contributed by atoms with Gasteiger partial charge in [-0.25, -0.2) is 4.98 Å². The van der Waals surface area contributed by atoms with Gasteiger partial charge in [-0.05, 0) is 59.6 Å². The van der Waals surface area contributed by atoms with Gasteiger partial charge in [0.05, 0.1) is 4.47 Å². The third kappa shape index (κ3) is 4.54. The molecule has 2 rings (SSSR count). The van der Waals surface area contributed by atoms with E-state index in [9.17, 15) is 4.79 Å². The summed E-state index contributed by atoms with van der Waals surface area (Å²) in [7, 11) is 0. The Morgan fingerprint density at radius 3 is 2.67 bits per heavy atom. The first-order chi connectivity index (χ1) is 9.95. The zero-order chi connectivity index (χ0) is 15.4. The molecule has 4 nitrogen and oxygen atoms in total. The Kier molecular flexibility index (Phi) is 5.36. The van der Waals surface area contributed by atoms with Crippen LogP contribution >= 0.6 is 31.9 Å². The molecule has 0 aliphatic heterocycles. The summed E-state index contributed by atoms with van der Waals surface area (Å²) in [4.78, 5) is 16.2. The number of benzene rings is 1. The summed E-state index contributed by atoms with van der Waals surface area (Å²) in [5.74, 6) is 0.870. The highest BCUT2D eigenvalue weighted by Crippen LogP contribution is 2.29. The predicted molar refractivity (Wildman–Crippen MR) is 89.5 cm³/mol. The van der Waals surface area contributed by atoms with Gasteiger partial charge in [-0.15, -0.1) is 0 Å². The van der Waals surface area contributed by atoms with Crippen LogP contribution in [0.1, 0.15) is 12.5 Å². The minimum absolute atomic E-state index is 0.249. The number of nitrogens with one attached hydrogen (secondary N) is 1. The van der Waals surface area contributed by atoms with Crippen LogP contribution in [0.3, 0.4) is 0 Å². The number of aromatic nitrogens is 1. The van der Waals surface area contributed by atoms with Crippen molar-refractivity contribution >= 4 is 43.6 Å². The largest absolute Gasteiger partial charge is 0.480 e. The SMILES string of the molecule is Cc1ccc(NC(=O)[C@H](C)Oc2ccc(Br)cc2Br)nc1. The number of halogens is 2. The third-order valence-electron chi connectivity index (χ3n) is 2.73. The lowest BCUT2D eigenvalue weighted by molar-refractivity contribution is -0.122. The molecule has 0 bridgehead atoms. The zero-order valence-electron chi connectivity index (χ0n) is 11.6. The second kappa shape index (κ2) is 7.04. The van der Waals surface area contributed by atoms with E-state index in [1.54, 1.807) is 25.3 Å². The minimum Gasteiger partial charge on any atom is -0.480 e. The van der Waals surface area contributed by atoms with Crippen LogP contribution in [0.25, 0.3) is 0 Å². The van der Waals surface area contributed by atoms with Crippen molar-refractivity contribution < 1.29 is 9.53 Å². The number of amides is 1. The number of rotatable bonds is 4. The topological polar surface area (TPSA) is 51.2 Å². The monoisotopic (exact) mass is 412 g/mol. The second-order valence-electron chi connectivity index (χ2n) is 4.54. The molecular weight excluding hydrogens is 400 g/mol. The van der Waals surface area contributed by atoms with Crippen LogP contribution in [-0.4, -0.2) is 17.0 Å². The van der Waals surface area contributed by atoms with Crippen molar-refractivity contribution in [2.75, 3.05) is 5.32 Å². The van der Waals surface area contributed by atoms with Crippen molar-refractivity contribution in [1.29, 1.82) is 0 Å². The van der Waals surface area contributed by atoms with E-state index >= 15 is 0 Å². The Hall–Kier alpha value is -1.40. The Morgan fingerprint density at radius 2 is 2.05 bits per heavy atom. The van der Waals surface area contributed by atoms with Gasteiger partial charge in [0, 0.05) is 10.7 Å². The van der Waals surface area contributed by atoms with E-state index in [2.05, 4.69) is 42.2 Å². The first kappa shape index (κ1) is 16.0. The van der Waals surface area contributed by atoms with Crippen LogP contribution in [-0.2, 0) is 4.79 Å². The third-order valence-corrected chi connectivity index (χ3v) is 3.84. The van der Waals surface area contributed by atoms with Gasteiger partial charge < -0.3 is 10.1 Å². The fraction of sp³-hybridized carbons (Fsp3) is 0.200. The number of hydrogen-bond acceptors (Lipinski definition) is 3. The van der Waals surface area contributed by atoms with Crippen molar-refractivity contribution in [3.63, 3.8) is 0 Å². The highest BCUT2D eigenvalue weighted by atomic mass is 79.9. The molecule has 0 radical (unpaired) electrons. The van der Waals surface area contributed by atoms with E-state index in [0.717, 1.165) is 14.5 Å². The van der Waals surface area contributed by atoms with E-state index in [1.807, 2.05) is 25.1 Å². The van der Waals surface area contributed by atoms with E-state index in [1.165, 1.54) is 0 Å². The Morgan fingerprint density at radius 1 is 1.29 bits per heavy atom. The molecule has 0 saturated heterocycles. The number of anilines is 1. The summed E-state index contributed by atoms with van der Waals surface area (Å²) in [5, 5.41) is 2.72. The van der Waals surface area contributed by atoms with E-state index in [4.69, 9.17) is 4.74 Å². The van der Waals surface area contributed by atoms with Crippen molar-refractivity contribution in [1.82, 2.24) is 4.98 Å². The van der Waals surface area contributed by atoms with Gasteiger partial charge in [0.15, 0.2) is 6.10 Å². The molecule has 0 saturated carbocycles. The summed E-state index contributed by atoms with van der Waals surface area (Å²) < 4.78 is 7.37. The molecule has 1 amide bonds. The molecule has 0 aliphatic carbocycles.